The van der Waals surface area contributed by atoms with Crippen LogP contribution in [-0.2, 0) is 6.42 Å². The molecule has 0 spiro atoms. The summed E-state index contributed by atoms with van der Waals surface area (Å²) in [6.07, 6.45) is 0.532. The van der Waals surface area contributed by atoms with Gasteiger partial charge in [0, 0.05) is 12.1 Å². The molecule has 0 radical (unpaired) electrons. The third-order valence-corrected chi connectivity index (χ3v) is 2.27. The van der Waals surface area contributed by atoms with Crippen LogP contribution in [0.3, 0.4) is 0 Å². The van der Waals surface area contributed by atoms with E-state index in [0.29, 0.717) is 16.5 Å². The summed E-state index contributed by atoms with van der Waals surface area (Å²) in [7, 11) is 0. The Labute approximate surface area is 84.7 Å². The van der Waals surface area contributed by atoms with E-state index in [-0.39, 0.29) is 11.8 Å². The van der Waals surface area contributed by atoms with Crippen molar-refractivity contribution in [3.8, 4) is 5.75 Å². The van der Waals surface area contributed by atoms with Crippen LogP contribution in [0, 0.1) is 5.82 Å². The van der Waals surface area contributed by atoms with Crippen molar-refractivity contribution in [2.75, 3.05) is 0 Å². The van der Waals surface area contributed by atoms with E-state index >= 15 is 0 Å². The third kappa shape index (κ3) is 2.67. The molecule has 0 saturated heterocycles. The van der Waals surface area contributed by atoms with Gasteiger partial charge in [0.15, 0.2) is 0 Å². The molecule has 2 nitrogen and oxygen atoms in total. The van der Waals surface area contributed by atoms with Crippen LogP contribution in [0.4, 0.5) is 4.39 Å². The average molecular weight is 248 g/mol. The quantitative estimate of drug-likeness (QED) is 0.842. The molecule has 1 atom stereocenters. The van der Waals surface area contributed by atoms with Gasteiger partial charge in [-0.1, -0.05) is 0 Å². The molecule has 3 N–H and O–H groups in total. The van der Waals surface area contributed by atoms with Crippen molar-refractivity contribution in [1.29, 1.82) is 0 Å². The highest BCUT2D eigenvalue weighted by molar-refractivity contribution is 9.10. The number of rotatable bonds is 2. The predicted octanol–water partition coefficient (Wildman–Crippen LogP) is 2.18. The Balaban J connectivity index is 3.01. The molecular weight excluding hydrogens is 237 g/mol. The molecule has 0 aliphatic rings. The van der Waals surface area contributed by atoms with Crippen LogP contribution in [0.15, 0.2) is 16.6 Å². The molecule has 0 bridgehead atoms. The smallest absolute Gasteiger partial charge is 0.141 e. The second-order valence-corrected chi connectivity index (χ2v) is 3.93. The normalized spacial score (nSPS) is 12.9. The first-order chi connectivity index (χ1) is 6.00. The fraction of sp³-hybridized carbons (Fsp3) is 0.333. The second kappa shape index (κ2) is 4.07. The summed E-state index contributed by atoms with van der Waals surface area (Å²) in [4.78, 5) is 0. The first-order valence-corrected chi connectivity index (χ1v) is 4.72. The zero-order valence-electron chi connectivity index (χ0n) is 7.22. The minimum atomic E-state index is -0.467. The van der Waals surface area contributed by atoms with Gasteiger partial charge in [-0.2, -0.15) is 0 Å². The third-order valence-electron chi connectivity index (χ3n) is 1.66. The predicted molar refractivity (Wildman–Crippen MR) is 53.1 cm³/mol. The van der Waals surface area contributed by atoms with Gasteiger partial charge in [0.25, 0.3) is 0 Å². The summed E-state index contributed by atoms with van der Waals surface area (Å²) in [6, 6.07) is 2.58. The van der Waals surface area contributed by atoms with Gasteiger partial charge < -0.3 is 10.8 Å². The maximum Gasteiger partial charge on any atom is 0.141 e. The second-order valence-electron chi connectivity index (χ2n) is 3.08. The van der Waals surface area contributed by atoms with Gasteiger partial charge in [-0.05, 0) is 40.9 Å². The van der Waals surface area contributed by atoms with Gasteiger partial charge in [0.05, 0.1) is 4.47 Å². The molecule has 0 fully saturated rings. The number of aromatic hydroxyl groups is 1. The van der Waals surface area contributed by atoms with E-state index in [1.165, 1.54) is 0 Å². The van der Waals surface area contributed by atoms with Crippen molar-refractivity contribution >= 4 is 15.9 Å². The maximum atomic E-state index is 12.9. The SMILES string of the molecule is CC(N)Cc1cc(Br)c(F)cc1O. The van der Waals surface area contributed by atoms with Crippen LogP contribution >= 0.6 is 15.9 Å². The Hall–Kier alpha value is -0.610. The molecule has 1 aromatic rings. The van der Waals surface area contributed by atoms with Crippen LogP contribution in [-0.4, -0.2) is 11.1 Å². The molecule has 1 aromatic carbocycles. The van der Waals surface area contributed by atoms with Crippen molar-refractivity contribution in [3.05, 3.63) is 28.0 Å². The van der Waals surface area contributed by atoms with Crippen LogP contribution in [0.2, 0.25) is 0 Å². The van der Waals surface area contributed by atoms with E-state index in [9.17, 15) is 9.50 Å². The zero-order valence-corrected chi connectivity index (χ0v) is 8.81. The molecule has 13 heavy (non-hydrogen) atoms. The van der Waals surface area contributed by atoms with Crippen LogP contribution in [0.25, 0.3) is 0 Å². The molecule has 1 rings (SSSR count). The van der Waals surface area contributed by atoms with Crippen LogP contribution in [0.5, 0.6) is 5.75 Å². The number of halogens is 2. The van der Waals surface area contributed by atoms with Gasteiger partial charge >= 0.3 is 0 Å². The Bertz CT molecular complexity index is 315. The molecular formula is C9H11BrFNO. The van der Waals surface area contributed by atoms with Crippen molar-refractivity contribution in [2.24, 2.45) is 5.73 Å². The molecule has 72 valence electrons. The maximum absolute atomic E-state index is 12.9. The Morgan fingerprint density at radius 3 is 2.77 bits per heavy atom. The number of hydrogen-bond donors (Lipinski definition) is 2. The Kier molecular flexibility index (Phi) is 3.27. The lowest BCUT2D eigenvalue weighted by atomic mass is 10.1. The van der Waals surface area contributed by atoms with E-state index in [0.717, 1.165) is 6.07 Å². The number of benzene rings is 1. The number of hydrogen-bond acceptors (Lipinski definition) is 2. The lowest BCUT2D eigenvalue weighted by Crippen LogP contribution is -2.17. The van der Waals surface area contributed by atoms with E-state index in [1.54, 1.807) is 6.07 Å². The summed E-state index contributed by atoms with van der Waals surface area (Å²) < 4.78 is 13.2. The molecule has 0 aliphatic carbocycles. The highest BCUT2D eigenvalue weighted by Gasteiger charge is 2.08. The zero-order chi connectivity index (χ0) is 10.0. The molecule has 0 saturated carbocycles. The summed E-state index contributed by atoms with van der Waals surface area (Å²) in [5, 5.41) is 9.35. The summed E-state index contributed by atoms with van der Waals surface area (Å²) in [6.45, 7) is 1.83. The Morgan fingerprint density at radius 1 is 1.62 bits per heavy atom. The number of phenols is 1. The Morgan fingerprint density at radius 2 is 2.23 bits per heavy atom. The molecule has 0 aromatic heterocycles. The topological polar surface area (TPSA) is 46.2 Å². The number of phenolic OH excluding ortho intramolecular Hbond substituents is 1. The first-order valence-electron chi connectivity index (χ1n) is 3.93. The number of nitrogens with two attached hydrogens (primary N) is 1. The van der Waals surface area contributed by atoms with Gasteiger partial charge in [0.2, 0.25) is 0 Å². The minimum absolute atomic E-state index is 0.0435. The van der Waals surface area contributed by atoms with Crippen LogP contribution < -0.4 is 5.73 Å². The van der Waals surface area contributed by atoms with Crippen molar-refractivity contribution in [1.82, 2.24) is 0 Å². The molecule has 4 heteroatoms. The minimum Gasteiger partial charge on any atom is -0.508 e. The highest BCUT2D eigenvalue weighted by Crippen LogP contribution is 2.26. The largest absolute Gasteiger partial charge is 0.508 e. The summed E-state index contributed by atoms with van der Waals surface area (Å²) in [5.74, 6) is -0.510. The van der Waals surface area contributed by atoms with Crippen molar-refractivity contribution < 1.29 is 9.50 Å². The molecule has 0 heterocycles. The highest BCUT2D eigenvalue weighted by atomic mass is 79.9. The summed E-state index contributed by atoms with van der Waals surface area (Å²) in [5.41, 5.74) is 6.22. The fourth-order valence-electron chi connectivity index (χ4n) is 1.09. The molecule has 1 unspecified atom stereocenters. The lowest BCUT2D eigenvalue weighted by Gasteiger charge is -2.08. The first kappa shape index (κ1) is 10.5. The van der Waals surface area contributed by atoms with Crippen molar-refractivity contribution in [2.45, 2.75) is 19.4 Å². The molecule has 0 amide bonds. The summed E-state index contributed by atoms with van der Waals surface area (Å²) >= 11 is 3.04. The van der Waals surface area contributed by atoms with Gasteiger partial charge in [-0.25, -0.2) is 4.39 Å². The molecule has 0 aliphatic heterocycles. The fourth-order valence-corrected chi connectivity index (χ4v) is 1.48. The average Bonchev–Trinajstić information content (AvgIpc) is 1.99. The van der Waals surface area contributed by atoms with Gasteiger partial charge in [-0.15, -0.1) is 0 Å². The standard InChI is InChI=1S/C9H11BrFNO/c1-5(12)2-6-3-7(10)8(11)4-9(6)13/h3-5,13H,2,12H2,1H3. The van der Waals surface area contributed by atoms with Gasteiger partial charge in [0.1, 0.15) is 11.6 Å². The van der Waals surface area contributed by atoms with Crippen LogP contribution in [0.1, 0.15) is 12.5 Å². The van der Waals surface area contributed by atoms with Crippen molar-refractivity contribution in [3.63, 3.8) is 0 Å². The monoisotopic (exact) mass is 247 g/mol. The van der Waals surface area contributed by atoms with E-state index in [4.69, 9.17) is 5.73 Å². The van der Waals surface area contributed by atoms with E-state index in [1.807, 2.05) is 6.92 Å². The lowest BCUT2D eigenvalue weighted by molar-refractivity contribution is 0.459. The van der Waals surface area contributed by atoms with Gasteiger partial charge in [-0.3, -0.25) is 0 Å². The van der Waals surface area contributed by atoms with E-state index in [2.05, 4.69) is 15.9 Å². The van der Waals surface area contributed by atoms with E-state index < -0.39 is 5.82 Å².